The molecule has 10 rings (SSSR count). The van der Waals surface area contributed by atoms with Crippen LogP contribution in [-0.2, 0) is 79.9 Å². The van der Waals surface area contributed by atoms with Crippen LogP contribution in [0.5, 0.6) is 5.88 Å². The van der Waals surface area contributed by atoms with Crippen molar-refractivity contribution in [2.75, 3.05) is 26.4 Å². The number of aromatic hydroxyl groups is 1. The van der Waals surface area contributed by atoms with Gasteiger partial charge in [-0.15, -0.1) is 0 Å². The average Bonchev–Trinajstić information content (AvgIpc) is 1.46. The van der Waals surface area contributed by atoms with Crippen LogP contribution in [0.25, 0.3) is 22.1 Å². The van der Waals surface area contributed by atoms with Gasteiger partial charge >= 0.3 is 29.6 Å². The minimum atomic E-state index is -1.56. The minimum Gasteiger partial charge on any atom is -0.494 e. The number of ether oxygens (including phenoxy) is 4. The minimum absolute atomic E-state index is 0.00737. The monoisotopic (exact) mass is 1310 g/mol. The number of pyridine rings is 4. The van der Waals surface area contributed by atoms with Crippen LogP contribution in [0.15, 0.2) is 24.3 Å². The second kappa shape index (κ2) is 29.4. The van der Waals surface area contributed by atoms with Crippen molar-refractivity contribution in [1.29, 1.82) is 0 Å². The van der Waals surface area contributed by atoms with E-state index in [9.17, 15) is 44.5 Å². The number of fused-ring (bicyclic) bond motifs is 6. The van der Waals surface area contributed by atoms with Crippen LogP contribution in [0, 0.1) is 65.6 Å². The fourth-order valence-corrected chi connectivity index (χ4v) is 13.3. The lowest BCUT2D eigenvalue weighted by molar-refractivity contribution is -0.386. The zero-order valence-electron chi connectivity index (χ0n) is 56.3. The van der Waals surface area contributed by atoms with Crippen molar-refractivity contribution in [2.45, 2.75) is 194 Å². The fourth-order valence-electron chi connectivity index (χ4n) is 12.8. The van der Waals surface area contributed by atoms with Crippen LogP contribution in [0.2, 0.25) is 10.3 Å². The SMILES string of the molecule is CC(C)(C)C1CCc2nc(Cl)c([N+](=O)[O-])cc2C1.CCOC(=O)C(C(=O)OCC)c1nc2c(cc1[N+](=O)[O-])CC(C(C)(C)C)CC2.CCOC(=O)c1c(Cl)[nH]c2cc3c(nc12)CCC(C(C)(C)C)C3.CCOC(=O)c1c(O)[nH]c2cc3c(nc12)CCC(C(C)(C)C)C3. The van der Waals surface area contributed by atoms with Gasteiger partial charge in [0.2, 0.25) is 17.0 Å². The Labute approximate surface area is 548 Å². The summed E-state index contributed by atoms with van der Waals surface area (Å²) in [6.07, 6.45) is 11.1. The first kappa shape index (κ1) is 72.2. The zero-order chi connectivity index (χ0) is 68.1. The van der Waals surface area contributed by atoms with E-state index < -0.39 is 39.6 Å². The van der Waals surface area contributed by atoms with Crippen molar-refractivity contribution in [3.63, 3.8) is 0 Å². The summed E-state index contributed by atoms with van der Waals surface area (Å²) in [5, 5.41) is 33.0. The fraction of sp³-hybridized carbons (Fsp3) is 0.594. The number of aromatic nitrogens is 6. The molecule has 0 bridgehead atoms. The van der Waals surface area contributed by atoms with Crippen molar-refractivity contribution < 1.29 is 53.1 Å². The van der Waals surface area contributed by atoms with E-state index in [-0.39, 0.29) is 75.1 Å². The van der Waals surface area contributed by atoms with Crippen LogP contribution < -0.4 is 0 Å². The predicted octanol–water partition coefficient (Wildman–Crippen LogP) is 15.3. The molecule has 4 unspecified atom stereocenters. The molecule has 500 valence electrons. The van der Waals surface area contributed by atoms with Gasteiger partial charge in [0.1, 0.15) is 33.0 Å². The first-order chi connectivity index (χ1) is 43.0. The molecule has 0 amide bonds. The Morgan fingerprint density at radius 3 is 1.24 bits per heavy atom. The van der Waals surface area contributed by atoms with Gasteiger partial charge < -0.3 is 34.0 Å². The van der Waals surface area contributed by atoms with E-state index in [0.717, 1.165) is 97.9 Å². The maximum Gasteiger partial charge on any atom is 0.345 e. The Bertz CT molecular complexity index is 3590. The third-order valence-corrected chi connectivity index (χ3v) is 19.0. The summed E-state index contributed by atoms with van der Waals surface area (Å²) in [6.45, 7) is 34.2. The number of hydrogen-bond donors (Lipinski definition) is 3. The molecular weight excluding hydrogens is 1220 g/mol. The standard InChI is InChI=1S/C20H28N2O6.C18H23ClN2O2.C18H24N2O3.C13H17ClN2O2/c1-6-27-18(23)16(19(24)28-7-2)17-15(22(25)26)11-12-10-13(20(3,4)5)8-9-14(12)21-17;1-5-23-17(22)14-15-13(21-16(14)19)9-10-8-11(18(2,3)4)6-7-12(10)20-15;1-5-23-17(22)14-15-13(20-16(14)21)9-10-8-11(18(2,3)4)6-7-12(10)19-15;1-13(2,3)9-4-5-10-8(6-9)7-11(16(17)18)12(14)15-10/h11,13,16H,6-10H2,1-5H3;9,11,21H,5-8H2,1-4H3;9,11,20-21H,5-8H2,1-4H3;7,9H,4-6H2,1-3H3. The third kappa shape index (κ3) is 16.9. The lowest BCUT2D eigenvalue weighted by Crippen LogP contribution is -2.30. The molecule has 0 aliphatic heterocycles. The lowest BCUT2D eigenvalue weighted by Gasteiger charge is -2.34. The van der Waals surface area contributed by atoms with Crippen LogP contribution in [-0.4, -0.2) is 95.2 Å². The highest BCUT2D eigenvalue weighted by Crippen LogP contribution is 2.44. The number of aryl methyl sites for hydroxylation is 4. The predicted molar refractivity (Wildman–Crippen MR) is 353 cm³/mol. The van der Waals surface area contributed by atoms with Gasteiger partial charge in [-0.2, -0.15) is 0 Å². The summed E-state index contributed by atoms with van der Waals surface area (Å²) < 4.78 is 20.0. The second-order valence-corrected chi connectivity index (χ2v) is 29.4. The number of hydrogen-bond acceptors (Lipinski definition) is 17. The van der Waals surface area contributed by atoms with Gasteiger partial charge in [0, 0.05) is 34.9 Å². The van der Waals surface area contributed by atoms with E-state index in [0.29, 0.717) is 76.1 Å². The molecule has 0 saturated heterocycles. The number of nitrogens with zero attached hydrogens (tertiary/aromatic N) is 6. The number of aromatic amines is 2. The summed E-state index contributed by atoms with van der Waals surface area (Å²) in [5.74, 6) is -2.30. The molecule has 6 heterocycles. The highest BCUT2D eigenvalue weighted by molar-refractivity contribution is 6.34. The molecule has 4 aliphatic carbocycles. The Morgan fingerprint density at radius 1 is 0.522 bits per heavy atom. The number of rotatable bonds is 11. The Morgan fingerprint density at radius 2 is 0.859 bits per heavy atom. The zero-order valence-corrected chi connectivity index (χ0v) is 57.8. The number of H-pyrrole nitrogens is 2. The summed E-state index contributed by atoms with van der Waals surface area (Å²) >= 11 is 12.0. The summed E-state index contributed by atoms with van der Waals surface area (Å²) in [7, 11) is 0. The highest BCUT2D eigenvalue weighted by atomic mass is 35.5. The molecule has 6 aromatic rings. The average molecular weight is 1310 g/mol. The molecular formula is C69H92Cl2N8O13. The first-order valence-corrected chi connectivity index (χ1v) is 32.9. The molecule has 23 heteroatoms. The number of halogens is 2. The van der Waals surface area contributed by atoms with Crippen molar-refractivity contribution in [2.24, 2.45) is 45.3 Å². The Balaban J connectivity index is 0.000000176. The van der Waals surface area contributed by atoms with Crippen LogP contribution in [0.3, 0.4) is 0 Å². The number of nitro groups is 2. The second-order valence-electron chi connectivity index (χ2n) is 28.7. The van der Waals surface area contributed by atoms with Crippen LogP contribution in [0.1, 0.15) is 214 Å². The van der Waals surface area contributed by atoms with Gasteiger partial charge in [-0.05, 0) is 184 Å². The molecule has 0 saturated carbocycles. The van der Waals surface area contributed by atoms with Gasteiger partial charge in [-0.3, -0.25) is 29.8 Å². The van der Waals surface area contributed by atoms with Crippen molar-refractivity contribution >= 4 is 80.5 Å². The van der Waals surface area contributed by atoms with Gasteiger partial charge in [-0.1, -0.05) is 106 Å². The number of carbonyl (C=O) groups excluding carboxylic acids is 4. The van der Waals surface area contributed by atoms with E-state index in [2.05, 4.69) is 114 Å². The molecule has 92 heavy (non-hydrogen) atoms. The smallest absolute Gasteiger partial charge is 0.345 e. The van der Waals surface area contributed by atoms with Crippen molar-refractivity contribution in [3.8, 4) is 5.88 Å². The largest absolute Gasteiger partial charge is 0.494 e. The molecule has 4 aliphatic rings. The number of carbonyl (C=O) groups is 4. The van der Waals surface area contributed by atoms with Gasteiger partial charge in [0.05, 0.1) is 47.3 Å². The molecule has 0 spiro atoms. The highest BCUT2D eigenvalue weighted by Gasteiger charge is 2.41. The number of nitrogens with one attached hydrogen (secondary N) is 2. The van der Waals surface area contributed by atoms with E-state index in [4.69, 9.17) is 47.1 Å². The molecule has 4 atom stereocenters. The van der Waals surface area contributed by atoms with Crippen molar-refractivity contribution in [3.05, 3.63) is 117 Å². The summed E-state index contributed by atoms with van der Waals surface area (Å²) in [6, 6.07) is 7.19. The molecule has 6 aromatic heterocycles. The Hall–Kier alpha value is -7.26. The molecule has 0 aromatic carbocycles. The normalized spacial score (nSPS) is 17.8. The van der Waals surface area contributed by atoms with Crippen LogP contribution >= 0.6 is 23.2 Å². The van der Waals surface area contributed by atoms with E-state index >= 15 is 0 Å². The molecule has 0 radical (unpaired) electrons. The van der Waals surface area contributed by atoms with Gasteiger partial charge in [0.25, 0.3) is 5.69 Å². The Kier molecular flexibility index (Phi) is 23.0. The number of esters is 4. The summed E-state index contributed by atoms with van der Waals surface area (Å²) in [4.78, 5) is 94.4. The maximum atomic E-state index is 12.4. The van der Waals surface area contributed by atoms with E-state index in [1.54, 1.807) is 33.8 Å². The van der Waals surface area contributed by atoms with Gasteiger partial charge in [0.15, 0.2) is 0 Å². The quantitative estimate of drug-likeness (QED) is 0.0271. The molecule has 21 nitrogen and oxygen atoms in total. The molecule has 0 fully saturated rings. The third-order valence-electron chi connectivity index (χ3n) is 18.5. The molecule has 3 N–H and O–H groups in total. The first-order valence-electron chi connectivity index (χ1n) is 32.1. The van der Waals surface area contributed by atoms with E-state index in [1.165, 1.54) is 17.2 Å². The van der Waals surface area contributed by atoms with Crippen molar-refractivity contribution in [1.82, 2.24) is 29.9 Å². The maximum absolute atomic E-state index is 12.4. The van der Waals surface area contributed by atoms with Crippen LogP contribution in [0.4, 0.5) is 11.4 Å². The van der Waals surface area contributed by atoms with E-state index in [1.807, 2.05) is 6.07 Å². The van der Waals surface area contributed by atoms with Gasteiger partial charge in [-0.25, -0.2) is 29.5 Å². The summed E-state index contributed by atoms with van der Waals surface area (Å²) in [5.41, 5.74) is 11.3. The topological polar surface area (TPSA) is 295 Å². The lowest BCUT2D eigenvalue weighted by atomic mass is 9.71.